The van der Waals surface area contributed by atoms with Gasteiger partial charge in [-0.3, -0.25) is 19.7 Å². The number of ether oxygens (including phenoxy) is 1. The van der Waals surface area contributed by atoms with Crippen LogP contribution in [-0.4, -0.2) is 41.9 Å². The van der Waals surface area contributed by atoms with E-state index in [1.165, 1.54) is 6.07 Å². The van der Waals surface area contributed by atoms with Gasteiger partial charge in [-0.25, -0.2) is 0 Å². The van der Waals surface area contributed by atoms with Crippen molar-refractivity contribution in [3.05, 3.63) is 69.5 Å². The molecule has 0 bridgehead atoms. The second-order valence-corrected chi connectivity index (χ2v) is 9.91. The van der Waals surface area contributed by atoms with E-state index in [0.717, 1.165) is 28.7 Å². The van der Waals surface area contributed by atoms with Crippen LogP contribution in [0.5, 0.6) is 0 Å². The average molecular weight is 562 g/mol. The summed E-state index contributed by atoms with van der Waals surface area (Å²) in [7, 11) is 0. The lowest BCUT2D eigenvalue weighted by Crippen LogP contribution is -2.35. The number of carbonyl (C=O) groups is 2. The Morgan fingerprint density at radius 2 is 1.85 bits per heavy atom. The highest BCUT2D eigenvalue weighted by atomic mass is 19.4. The van der Waals surface area contributed by atoms with Crippen LogP contribution in [0.4, 0.5) is 24.5 Å². The number of benzene rings is 2. The highest BCUT2D eigenvalue weighted by Crippen LogP contribution is 2.38. The minimum atomic E-state index is -4.83. The van der Waals surface area contributed by atoms with Gasteiger partial charge in [-0.2, -0.15) is 13.2 Å². The summed E-state index contributed by atoms with van der Waals surface area (Å²) in [5.74, 6) is -0.572. The zero-order valence-electron chi connectivity index (χ0n) is 21.9. The molecule has 1 saturated carbocycles. The number of alkyl halides is 3. The first-order chi connectivity index (χ1) is 19.0. The van der Waals surface area contributed by atoms with Crippen LogP contribution >= 0.6 is 0 Å². The number of anilines is 1. The zero-order chi connectivity index (χ0) is 28.9. The number of aryl methyl sites for hydroxylation is 2. The van der Waals surface area contributed by atoms with E-state index < -0.39 is 34.0 Å². The maximum atomic E-state index is 13.2. The first-order valence-corrected chi connectivity index (χ1v) is 13.0. The van der Waals surface area contributed by atoms with E-state index in [-0.39, 0.29) is 37.4 Å². The lowest BCUT2D eigenvalue weighted by atomic mass is 9.92. The van der Waals surface area contributed by atoms with Crippen molar-refractivity contribution < 1.29 is 36.8 Å². The Balaban J connectivity index is 1.14. The maximum Gasteiger partial charge on any atom is 0.423 e. The molecule has 2 aromatic carbocycles. The van der Waals surface area contributed by atoms with E-state index in [2.05, 4.69) is 10.6 Å². The zero-order valence-corrected chi connectivity index (χ0v) is 21.9. The Kier molecular flexibility index (Phi) is 9.08. The monoisotopic (exact) mass is 561 g/mol. The van der Waals surface area contributed by atoms with Crippen LogP contribution in [0.25, 0.3) is 11.0 Å². The summed E-state index contributed by atoms with van der Waals surface area (Å²) in [6.07, 6.45) is -1.98. The van der Waals surface area contributed by atoms with E-state index in [9.17, 15) is 32.9 Å². The van der Waals surface area contributed by atoms with Crippen LogP contribution in [-0.2, 0) is 26.9 Å². The third-order valence-electron chi connectivity index (χ3n) is 6.86. The molecule has 0 spiro atoms. The molecule has 1 fully saturated rings. The fourth-order valence-corrected chi connectivity index (χ4v) is 4.80. The molecule has 4 rings (SSSR count). The molecule has 0 unspecified atom stereocenters. The first-order valence-electron chi connectivity index (χ1n) is 13.0. The number of Topliss-reactive ketones (excluding diaryl/α,β-unsaturated/α-hetero) is 1. The van der Waals surface area contributed by atoms with Crippen molar-refractivity contribution in [3.8, 4) is 0 Å². The molecule has 3 aromatic rings. The number of halogens is 3. The Labute approximate surface area is 228 Å². The van der Waals surface area contributed by atoms with Gasteiger partial charge in [0.15, 0.2) is 0 Å². The van der Waals surface area contributed by atoms with Crippen molar-refractivity contribution in [3.63, 3.8) is 0 Å². The predicted molar refractivity (Wildman–Crippen MR) is 141 cm³/mol. The quantitative estimate of drug-likeness (QED) is 0.133. The van der Waals surface area contributed by atoms with Crippen molar-refractivity contribution in [1.29, 1.82) is 0 Å². The number of nitrogens with zero attached hydrogens (tertiary/aromatic N) is 1. The van der Waals surface area contributed by atoms with Crippen molar-refractivity contribution in [2.24, 2.45) is 0 Å². The highest BCUT2D eigenvalue weighted by Gasteiger charge is 2.38. The molecule has 40 heavy (non-hydrogen) atoms. The van der Waals surface area contributed by atoms with Crippen LogP contribution in [0.2, 0.25) is 0 Å². The lowest BCUT2D eigenvalue weighted by Gasteiger charge is -2.30. The Morgan fingerprint density at radius 1 is 1.10 bits per heavy atom. The molecule has 0 atom stereocenters. The molecule has 12 heteroatoms. The Bertz CT molecular complexity index is 1380. The van der Waals surface area contributed by atoms with Crippen LogP contribution in [0.15, 0.2) is 46.9 Å². The van der Waals surface area contributed by atoms with E-state index in [0.29, 0.717) is 37.9 Å². The van der Waals surface area contributed by atoms with Gasteiger partial charge in [0.25, 0.3) is 11.6 Å². The molecule has 1 aliphatic carbocycles. The standard InChI is InChI=1S/C28H30F3N3O6/c1-17-2-11-26-18(14-17)15-22(40-26)8-10-25(35)27(36)32-12-13-39-21-6-3-19(4-7-21)33-20-5-9-24(34(37)38)23(16-20)28(29,30)31/h2,5,9,11,14-16,19,21,33H,3-4,6-8,10,12-13H2,1H3,(H,32,36). The van der Waals surface area contributed by atoms with Gasteiger partial charge in [-0.1, -0.05) is 11.6 Å². The number of ketones is 1. The second kappa shape index (κ2) is 12.5. The van der Waals surface area contributed by atoms with Crippen LogP contribution in [0.3, 0.4) is 0 Å². The summed E-state index contributed by atoms with van der Waals surface area (Å²) in [4.78, 5) is 34.2. The van der Waals surface area contributed by atoms with Gasteiger partial charge in [0.2, 0.25) is 5.78 Å². The van der Waals surface area contributed by atoms with Crippen molar-refractivity contribution in [1.82, 2.24) is 5.32 Å². The molecule has 9 nitrogen and oxygen atoms in total. The summed E-state index contributed by atoms with van der Waals surface area (Å²) in [5, 5.41) is 17.5. The van der Waals surface area contributed by atoms with E-state index in [1.54, 1.807) is 0 Å². The maximum absolute atomic E-state index is 13.2. The van der Waals surface area contributed by atoms with Crippen molar-refractivity contribution in [2.45, 2.75) is 63.8 Å². The molecular weight excluding hydrogens is 531 g/mol. The molecule has 1 amide bonds. The summed E-state index contributed by atoms with van der Waals surface area (Å²) >= 11 is 0. The third kappa shape index (κ3) is 7.59. The van der Waals surface area contributed by atoms with Gasteiger partial charge in [-0.15, -0.1) is 0 Å². The third-order valence-corrected chi connectivity index (χ3v) is 6.86. The minimum Gasteiger partial charge on any atom is -0.461 e. The summed E-state index contributed by atoms with van der Waals surface area (Å²) in [6.45, 7) is 2.38. The molecule has 0 saturated heterocycles. The van der Waals surface area contributed by atoms with Crippen molar-refractivity contribution in [2.75, 3.05) is 18.5 Å². The number of hydrogen-bond donors (Lipinski definition) is 2. The molecule has 214 valence electrons. The predicted octanol–water partition coefficient (Wildman–Crippen LogP) is 5.73. The van der Waals surface area contributed by atoms with Crippen LogP contribution in [0.1, 0.15) is 49.0 Å². The molecule has 0 radical (unpaired) electrons. The SMILES string of the molecule is Cc1ccc2oc(CCC(=O)C(=O)NCCOC3CCC(Nc4ccc([N+](=O)[O-])c(C(F)(F)F)c4)CC3)cc2c1. The molecule has 1 aliphatic rings. The topological polar surface area (TPSA) is 124 Å². The minimum absolute atomic E-state index is 0.0295. The summed E-state index contributed by atoms with van der Waals surface area (Å²) in [5.41, 5.74) is -0.256. The lowest BCUT2D eigenvalue weighted by molar-refractivity contribution is -0.388. The largest absolute Gasteiger partial charge is 0.461 e. The fraction of sp³-hybridized carbons (Fsp3) is 0.429. The first kappa shape index (κ1) is 29.1. The molecular formula is C28H30F3N3O6. The summed E-state index contributed by atoms with van der Waals surface area (Å²) < 4.78 is 51.2. The highest BCUT2D eigenvalue weighted by molar-refractivity contribution is 6.36. The van der Waals surface area contributed by atoms with Crippen molar-refractivity contribution >= 4 is 34.0 Å². The van der Waals surface area contributed by atoms with E-state index in [4.69, 9.17) is 9.15 Å². The number of nitro groups is 1. The smallest absolute Gasteiger partial charge is 0.423 e. The van der Waals surface area contributed by atoms with E-state index in [1.807, 2.05) is 31.2 Å². The summed E-state index contributed by atoms with van der Waals surface area (Å²) in [6, 6.07) is 10.5. The second-order valence-electron chi connectivity index (χ2n) is 9.91. The molecule has 0 aliphatic heterocycles. The van der Waals surface area contributed by atoms with Gasteiger partial charge < -0.3 is 19.8 Å². The number of nitrogens with one attached hydrogen (secondary N) is 2. The molecule has 1 aromatic heterocycles. The number of furan rings is 1. The van der Waals surface area contributed by atoms with Crippen LogP contribution in [0, 0.1) is 17.0 Å². The number of hydrogen-bond acceptors (Lipinski definition) is 7. The number of nitro benzene ring substituents is 1. The fourth-order valence-electron chi connectivity index (χ4n) is 4.80. The number of carbonyl (C=O) groups excluding carboxylic acids is 2. The number of rotatable bonds is 11. The van der Waals surface area contributed by atoms with Gasteiger partial charge in [0.1, 0.15) is 16.9 Å². The van der Waals surface area contributed by atoms with Gasteiger partial charge in [0.05, 0.1) is 17.6 Å². The Morgan fingerprint density at radius 3 is 2.55 bits per heavy atom. The number of amides is 1. The molecule has 2 N–H and O–H groups in total. The Hall–Kier alpha value is -3.93. The van der Waals surface area contributed by atoms with Crippen LogP contribution < -0.4 is 10.6 Å². The number of fused-ring (bicyclic) bond motifs is 1. The van der Waals surface area contributed by atoms with Gasteiger partial charge in [0, 0.05) is 42.6 Å². The molecule has 1 heterocycles. The average Bonchev–Trinajstić information content (AvgIpc) is 3.32. The normalized spacial score (nSPS) is 17.5. The van der Waals surface area contributed by atoms with Gasteiger partial charge in [-0.05, 0) is 62.9 Å². The van der Waals surface area contributed by atoms with E-state index >= 15 is 0 Å². The van der Waals surface area contributed by atoms with Gasteiger partial charge >= 0.3 is 6.18 Å².